The van der Waals surface area contributed by atoms with Crippen molar-refractivity contribution >= 4 is 38.7 Å². The van der Waals surface area contributed by atoms with E-state index in [9.17, 15) is 22.7 Å². The summed E-state index contributed by atoms with van der Waals surface area (Å²) >= 11 is 2.70. The number of rotatable bonds is 8. The lowest BCUT2D eigenvalue weighted by atomic mass is 9.96. The van der Waals surface area contributed by atoms with Crippen molar-refractivity contribution in [2.45, 2.75) is 37.5 Å². The molecule has 3 heterocycles. The topological polar surface area (TPSA) is 141 Å². The van der Waals surface area contributed by atoms with Gasteiger partial charge in [-0.1, -0.05) is 24.1 Å². The predicted molar refractivity (Wildman–Crippen MR) is 161 cm³/mol. The van der Waals surface area contributed by atoms with Crippen LogP contribution in [0.3, 0.4) is 0 Å². The number of aromatic carboxylic acids is 1. The van der Waals surface area contributed by atoms with Crippen molar-refractivity contribution < 1.29 is 22.7 Å². The number of aryl methyl sites for hydroxylation is 1. The number of sulfonamides is 1. The summed E-state index contributed by atoms with van der Waals surface area (Å²) < 4.78 is 40.1. The summed E-state index contributed by atoms with van der Waals surface area (Å²) in [6, 6.07) is 11.5. The number of benzene rings is 2. The van der Waals surface area contributed by atoms with Gasteiger partial charge in [-0.2, -0.15) is 5.10 Å². The molecule has 5 aromatic rings. The largest absolute Gasteiger partial charge is 0.476 e. The number of thiazole rings is 2. The van der Waals surface area contributed by atoms with Gasteiger partial charge in [0, 0.05) is 33.9 Å². The molecule has 9 nitrogen and oxygen atoms in total. The molecular formula is C30H24FN5O4S3. The molecule has 0 unspecified atom stereocenters. The first-order chi connectivity index (χ1) is 20.5. The van der Waals surface area contributed by atoms with Crippen LogP contribution in [0.15, 0.2) is 58.1 Å². The van der Waals surface area contributed by atoms with Gasteiger partial charge in [0.1, 0.15) is 16.4 Å². The maximum absolute atomic E-state index is 14.9. The molecule has 43 heavy (non-hydrogen) atoms. The molecule has 0 radical (unpaired) electrons. The molecule has 1 aliphatic carbocycles. The van der Waals surface area contributed by atoms with E-state index in [4.69, 9.17) is 10.2 Å². The van der Waals surface area contributed by atoms with Crippen molar-refractivity contribution in [3.8, 4) is 28.2 Å². The lowest BCUT2D eigenvalue weighted by Crippen LogP contribution is -2.14. The fraction of sp³-hybridized carbons (Fsp3) is 0.200. The average Bonchev–Trinajstić information content (AvgIpc) is 3.30. The zero-order valence-corrected chi connectivity index (χ0v) is 25.2. The van der Waals surface area contributed by atoms with E-state index in [-0.39, 0.29) is 12.1 Å². The molecule has 2 aromatic carbocycles. The van der Waals surface area contributed by atoms with Crippen LogP contribution in [0.5, 0.6) is 0 Å². The second-order valence-electron chi connectivity index (χ2n) is 10.2. The molecule has 6 rings (SSSR count). The van der Waals surface area contributed by atoms with E-state index in [0.717, 1.165) is 40.2 Å². The van der Waals surface area contributed by atoms with Crippen LogP contribution in [0.25, 0.3) is 16.4 Å². The summed E-state index contributed by atoms with van der Waals surface area (Å²) in [5.74, 6) is 4.61. The normalized spacial score (nSPS) is 13.1. The standard InChI is InChI=1S/C30H24FN5O4S3/c1-17-33-22(15-41-17)9-7-18-3-2-4-21(11-18)28-23(12-20-8-10-27(24(31)13-20)43(32,39)40)26(14-19-5-6-19)36(35-28)30-34-25(16-42-30)29(37)38/h2-4,8,10-11,13,15-16,19H,5-6,12,14H2,1H3,(H,37,38)(H2,32,39,40). The van der Waals surface area contributed by atoms with Crippen LogP contribution in [0.2, 0.25) is 0 Å². The van der Waals surface area contributed by atoms with Gasteiger partial charge < -0.3 is 5.11 Å². The van der Waals surface area contributed by atoms with E-state index in [1.807, 2.05) is 36.6 Å². The summed E-state index contributed by atoms with van der Waals surface area (Å²) in [5, 5.41) is 24.3. The zero-order valence-electron chi connectivity index (χ0n) is 22.7. The first-order valence-electron chi connectivity index (χ1n) is 13.2. The summed E-state index contributed by atoms with van der Waals surface area (Å²) in [4.78, 5) is 19.7. The third-order valence-electron chi connectivity index (χ3n) is 6.93. The van der Waals surface area contributed by atoms with Crippen molar-refractivity contribution in [1.29, 1.82) is 0 Å². The number of nitrogens with two attached hydrogens (primary N) is 1. The molecule has 0 spiro atoms. The smallest absolute Gasteiger partial charge is 0.355 e. The van der Waals surface area contributed by atoms with E-state index in [1.54, 1.807) is 4.68 Å². The minimum Gasteiger partial charge on any atom is -0.476 e. The SMILES string of the molecule is Cc1nc(C#Cc2cccc(-c3nn(-c4nc(C(=O)O)cs4)c(CC4CC4)c3Cc3ccc(S(N)(=O)=O)c(F)c3)c2)cs1. The first kappa shape index (κ1) is 28.9. The van der Waals surface area contributed by atoms with Gasteiger partial charge in [-0.05, 0) is 67.9 Å². The van der Waals surface area contributed by atoms with E-state index in [0.29, 0.717) is 34.4 Å². The molecule has 3 aromatic heterocycles. The second kappa shape index (κ2) is 11.5. The highest BCUT2D eigenvalue weighted by Gasteiger charge is 2.29. The lowest BCUT2D eigenvalue weighted by Gasteiger charge is -2.10. The Morgan fingerprint density at radius 1 is 1.14 bits per heavy atom. The van der Waals surface area contributed by atoms with Crippen molar-refractivity contribution in [2.24, 2.45) is 11.1 Å². The van der Waals surface area contributed by atoms with Crippen molar-refractivity contribution in [1.82, 2.24) is 19.7 Å². The third kappa shape index (κ3) is 6.42. The minimum atomic E-state index is -4.22. The van der Waals surface area contributed by atoms with E-state index in [2.05, 4.69) is 21.8 Å². The van der Waals surface area contributed by atoms with Gasteiger partial charge in [-0.25, -0.2) is 37.4 Å². The minimum absolute atomic E-state index is 0.0776. The highest BCUT2D eigenvalue weighted by atomic mass is 32.2. The summed E-state index contributed by atoms with van der Waals surface area (Å²) in [6.07, 6.45) is 3.02. The Kier molecular flexibility index (Phi) is 7.70. The van der Waals surface area contributed by atoms with Gasteiger partial charge in [0.2, 0.25) is 15.2 Å². The molecular weight excluding hydrogens is 610 g/mol. The number of halogens is 1. The maximum Gasteiger partial charge on any atom is 0.355 e. The maximum atomic E-state index is 14.9. The number of hydrogen-bond acceptors (Lipinski definition) is 8. The van der Waals surface area contributed by atoms with Gasteiger partial charge in [0.25, 0.3) is 0 Å². The number of carboxylic acids is 1. The van der Waals surface area contributed by atoms with Crippen LogP contribution in [0.1, 0.15) is 56.4 Å². The van der Waals surface area contributed by atoms with E-state index >= 15 is 0 Å². The number of nitrogens with zero attached hydrogens (tertiary/aromatic N) is 4. The molecule has 3 N–H and O–H groups in total. The number of hydrogen-bond donors (Lipinski definition) is 2. The second-order valence-corrected chi connectivity index (χ2v) is 13.7. The van der Waals surface area contributed by atoms with Crippen LogP contribution < -0.4 is 5.14 Å². The molecule has 1 saturated carbocycles. The van der Waals surface area contributed by atoms with Crippen LogP contribution in [0, 0.1) is 30.5 Å². The fourth-order valence-electron chi connectivity index (χ4n) is 4.72. The predicted octanol–water partition coefficient (Wildman–Crippen LogP) is 5.19. The molecule has 1 aliphatic rings. The Balaban J connectivity index is 1.49. The Labute approximate surface area is 254 Å². The highest BCUT2D eigenvalue weighted by Crippen LogP contribution is 2.38. The van der Waals surface area contributed by atoms with Gasteiger partial charge in [-0.3, -0.25) is 0 Å². The van der Waals surface area contributed by atoms with Crippen LogP contribution in [-0.4, -0.2) is 39.2 Å². The zero-order chi connectivity index (χ0) is 30.3. The van der Waals surface area contributed by atoms with E-state index < -0.39 is 26.7 Å². The van der Waals surface area contributed by atoms with Crippen LogP contribution in [0.4, 0.5) is 4.39 Å². The quantitative estimate of drug-likeness (QED) is 0.224. The molecule has 0 amide bonds. The Bertz CT molecular complexity index is 2050. The third-order valence-corrected chi connectivity index (χ3v) is 9.47. The van der Waals surface area contributed by atoms with Gasteiger partial charge in [0.15, 0.2) is 5.69 Å². The monoisotopic (exact) mass is 633 g/mol. The number of primary sulfonamides is 1. The van der Waals surface area contributed by atoms with Gasteiger partial charge >= 0.3 is 5.97 Å². The average molecular weight is 634 g/mol. The molecule has 0 bridgehead atoms. The van der Waals surface area contributed by atoms with Crippen LogP contribution in [-0.2, 0) is 22.9 Å². The van der Waals surface area contributed by atoms with E-state index in [1.165, 1.54) is 46.3 Å². The van der Waals surface area contributed by atoms with Crippen molar-refractivity contribution in [3.63, 3.8) is 0 Å². The van der Waals surface area contributed by atoms with Gasteiger partial charge in [-0.15, -0.1) is 22.7 Å². The Hall–Kier alpha value is -4.22. The fourth-order valence-corrected chi connectivity index (χ4v) is 6.62. The van der Waals surface area contributed by atoms with Crippen molar-refractivity contribution in [3.05, 3.63) is 97.8 Å². The van der Waals surface area contributed by atoms with Crippen LogP contribution >= 0.6 is 22.7 Å². The molecule has 0 saturated heterocycles. The molecule has 0 atom stereocenters. The molecule has 218 valence electrons. The summed E-state index contributed by atoms with van der Waals surface area (Å²) in [5.41, 5.74) is 4.92. The highest BCUT2D eigenvalue weighted by molar-refractivity contribution is 7.89. The van der Waals surface area contributed by atoms with Gasteiger partial charge in [0.05, 0.1) is 16.4 Å². The number of carbonyl (C=O) groups is 1. The number of aromatic nitrogens is 4. The Morgan fingerprint density at radius 3 is 2.60 bits per heavy atom. The number of carboxylic acid groups (broad SMARTS) is 1. The summed E-state index contributed by atoms with van der Waals surface area (Å²) in [6.45, 7) is 1.92. The molecule has 1 fully saturated rings. The summed E-state index contributed by atoms with van der Waals surface area (Å²) in [7, 11) is -4.22. The van der Waals surface area contributed by atoms with Crippen molar-refractivity contribution in [2.75, 3.05) is 0 Å². The lowest BCUT2D eigenvalue weighted by molar-refractivity contribution is 0.0691. The molecule has 13 heteroatoms. The molecule has 0 aliphatic heterocycles. The first-order valence-corrected chi connectivity index (χ1v) is 16.5. The Morgan fingerprint density at radius 2 is 1.95 bits per heavy atom.